The molecule has 3 heterocycles. The first-order valence-corrected chi connectivity index (χ1v) is 9.93. The first kappa shape index (κ1) is 19.8. The lowest BCUT2D eigenvalue weighted by Crippen LogP contribution is -2.45. The number of aromatic nitrogens is 3. The van der Waals surface area contributed by atoms with Crippen LogP contribution >= 0.6 is 0 Å². The molecule has 2 aromatic heterocycles. The van der Waals surface area contributed by atoms with Crippen molar-refractivity contribution >= 4 is 11.7 Å². The minimum atomic E-state index is -0.340. The number of hydrogen-bond acceptors (Lipinski definition) is 6. The third kappa shape index (κ3) is 4.38. The molecule has 4 rings (SSSR count). The summed E-state index contributed by atoms with van der Waals surface area (Å²) in [6.07, 6.45) is 1.77. The molecule has 1 aromatic carbocycles. The van der Waals surface area contributed by atoms with Crippen molar-refractivity contribution in [1.82, 2.24) is 25.0 Å². The predicted molar refractivity (Wildman–Crippen MR) is 115 cm³/mol. The van der Waals surface area contributed by atoms with Gasteiger partial charge in [0.25, 0.3) is 11.5 Å². The van der Waals surface area contributed by atoms with E-state index < -0.39 is 0 Å². The number of para-hydroxylation sites is 1. The summed E-state index contributed by atoms with van der Waals surface area (Å²) in [5, 5.41) is 7.14. The molecule has 3 aromatic rings. The van der Waals surface area contributed by atoms with Crippen molar-refractivity contribution in [3.63, 3.8) is 0 Å². The molecule has 1 N–H and O–H groups in total. The molecule has 1 saturated heterocycles. The van der Waals surface area contributed by atoms with Gasteiger partial charge in [-0.3, -0.25) is 9.59 Å². The molecule has 30 heavy (non-hydrogen) atoms. The Hall–Kier alpha value is -3.52. The van der Waals surface area contributed by atoms with Gasteiger partial charge in [0.05, 0.1) is 5.69 Å². The third-order valence-corrected chi connectivity index (χ3v) is 5.14. The van der Waals surface area contributed by atoms with Crippen LogP contribution in [0.4, 0.5) is 5.82 Å². The molecule has 1 fully saturated rings. The van der Waals surface area contributed by atoms with Crippen LogP contribution in [0.1, 0.15) is 16.1 Å². The van der Waals surface area contributed by atoms with Crippen LogP contribution < -0.4 is 15.8 Å². The van der Waals surface area contributed by atoms with Crippen molar-refractivity contribution in [3.8, 4) is 5.69 Å². The Labute approximate surface area is 174 Å². The number of pyridine rings is 1. The van der Waals surface area contributed by atoms with E-state index in [2.05, 4.69) is 32.2 Å². The molecular weight excluding hydrogens is 380 g/mol. The fourth-order valence-electron chi connectivity index (χ4n) is 3.42. The summed E-state index contributed by atoms with van der Waals surface area (Å²) in [4.78, 5) is 34.0. The summed E-state index contributed by atoms with van der Waals surface area (Å²) in [5.41, 5.74) is 1.46. The number of piperazine rings is 1. The fraction of sp³-hybridized carbons (Fsp3) is 0.273. The molecular formula is C22H24N6O2. The number of nitrogens with one attached hydrogen (secondary N) is 1. The summed E-state index contributed by atoms with van der Waals surface area (Å²) in [5.74, 6) is 0.556. The van der Waals surface area contributed by atoms with Crippen LogP contribution in [-0.2, 0) is 6.54 Å². The molecule has 0 bridgehead atoms. The second-order valence-electron chi connectivity index (χ2n) is 7.26. The van der Waals surface area contributed by atoms with Gasteiger partial charge in [-0.1, -0.05) is 24.3 Å². The zero-order valence-electron chi connectivity index (χ0n) is 16.9. The molecule has 8 heteroatoms. The van der Waals surface area contributed by atoms with Crippen LogP contribution in [0.25, 0.3) is 5.69 Å². The number of amides is 1. The maximum atomic E-state index is 12.7. The van der Waals surface area contributed by atoms with Gasteiger partial charge in [-0.05, 0) is 31.3 Å². The minimum absolute atomic E-state index is 0.184. The van der Waals surface area contributed by atoms with Gasteiger partial charge in [0.2, 0.25) is 0 Å². The first-order valence-electron chi connectivity index (χ1n) is 9.93. The standard InChI is InChI=1S/C22H24N6O2/c1-26-12-14-27(15-13-26)21-17(6-5-11-23-21)16-24-22(30)19-9-10-20(29)28(25-19)18-7-3-2-4-8-18/h2-11H,12-16H2,1H3,(H,24,30). The summed E-state index contributed by atoms with van der Waals surface area (Å²) >= 11 is 0. The molecule has 0 atom stereocenters. The van der Waals surface area contributed by atoms with Crippen molar-refractivity contribution < 1.29 is 4.79 Å². The van der Waals surface area contributed by atoms with Crippen LogP contribution in [0.3, 0.4) is 0 Å². The van der Waals surface area contributed by atoms with Crippen LogP contribution in [-0.4, -0.2) is 58.8 Å². The van der Waals surface area contributed by atoms with E-state index >= 15 is 0 Å². The summed E-state index contributed by atoms with van der Waals surface area (Å²) in [6, 6.07) is 15.7. The van der Waals surface area contributed by atoms with Gasteiger partial charge in [-0.25, -0.2) is 4.98 Å². The number of nitrogens with zero attached hydrogens (tertiary/aromatic N) is 5. The summed E-state index contributed by atoms with van der Waals surface area (Å²) < 4.78 is 1.23. The van der Waals surface area contributed by atoms with Crippen molar-refractivity contribution in [2.75, 3.05) is 38.1 Å². The molecule has 0 saturated carbocycles. The lowest BCUT2D eigenvalue weighted by atomic mass is 10.2. The first-order chi connectivity index (χ1) is 14.6. The maximum absolute atomic E-state index is 12.7. The molecule has 0 radical (unpaired) electrons. The molecule has 1 aliphatic heterocycles. The van der Waals surface area contributed by atoms with Crippen molar-refractivity contribution in [2.24, 2.45) is 0 Å². The number of carbonyl (C=O) groups is 1. The average molecular weight is 404 g/mol. The highest BCUT2D eigenvalue weighted by molar-refractivity contribution is 5.92. The van der Waals surface area contributed by atoms with Gasteiger partial charge in [0.1, 0.15) is 11.5 Å². The smallest absolute Gasteiger partial charge is 0.272 e. The van der Waals surface area contributed by atoms with Gasteiger partial charge in [0, 0.05) is 50.6 Å². The zero-order chi connectivity index (χ0) is 20.9. The largest absolute Gasteiger partial charge is 0.354 e. The second-order valence-corrected chi connectivity index (χ2v) is 7.26. The Morgan fingerprint density at radius 3 is 2.53 bits per heavy atom. The normalized spacial score (nSPS) is 14.5. The Morgan fingerprint density at radius 1 is 1.00 bits per heavy atom. The van der Waals surface area contributed by atoms with Crippen LogP contribution in [0.5, 0.6) is 0 Å². The number of anilines is 1. The Bertz CT molecular complexity index is 1070. The number of benzene rings is 1. The van der Waals surface area contributed by atoms with E-state index in [-0.39, 0.29) is 17.2 Å². The number of rotatable bonds is 5. The average Bonchev–Trinajstić information content (AvgIpc) is 2.79. The van der Waals surface area contributed by atoms with E-state index in [1.807, 2.05) is 30.3 Å². The third-order valence-electron chi connectivity index (χ3n) is 5.14. The summed E-state index contributed by atoms with van der Waals surface area (Å²) in [6.45, 7) is 4.09. The molecule has 0 unspecified atom stereocenters. The highest BCUT2D eigenvalue weighted by Gasteiger charge is 2.18. The van der Waals surface area contributed by atoms with Gasteiger partial charge >= 0.3 is 0 Å². The van der Waals surface area contributed by atoms with Crippen LogP contribution in [0.15, 0.2) is 65.6 Å². The van der Waals surface area contributed by atoms with E-state index in [9.17, 15) is 9.59 Å². The van der Waals surface area contributed by atoms with E-state index in [0.29, 0.717) is 12.2 Å². The quantitative estimate of drug-likeness (QED) is 0.690. The lowest BCUT2D eigenvalue weighted by molar-refractivity contribution is 0.0944. The van der Waals surface area contributed by atoms with E-state index in [1.165, 1.54) is 16.8 Å². The minimum Gasteiger partial charge on any atom is -0.354 e. The van der Waals surface area contributed by atoms with E-state index in [1.54, 1.807) is 18.3 Å². The van der Waals surface area contributed by atoms with E-state index in [0.717, 1.165) is 37.6 Å². The van der Waals surface area contributed by atoms with Crippen LogP contribution in [0, 0.1) is 0 Å². The van der Waals surface area contributed by atoms with Gasteiger partial charge < -0.3 is 15.1 Å². The monoisotopic (exact) mass is 404 g/mol. The van der Waals surface area contributed by atoms with Gasteiger partial charge in [0.15, 0.2) is 0 Å². The lowest BCUT2D eigenvalue weighted by Gasteiger charge is -2.34. The Kier molecular flexibility index (Phi) is 5.85. The van der Waals surface area contributed by atoms with E-state index in [4.69, 9.17) is 0 Å². The highest BCUT2D eigenvalue weighted by Crippen LogP contribution is 2.18. The van der Waals surface area contributed by atoms with Crippen LogP contribution in [0.2, 0.25) is 0 Å². The molecule has 0 aliphatic carbocycles. The van der Waals surface area contributed by atoms with Gasteiger partial charge in [-0.2, -0.15) is 9.78 Å². The van der Waals surface area contributed by atoms with Crippen molar-refractivity contribution in [3.05, 3.63) is 82.4 Å². The number of likely N-dealkylation sites (N-methyl/N-ethyl adjacent to an activating group) is 1. The summed E-state index contributed by atoms with van der Waals surface area (Å²) in [7, 11) is 2.11. The second kappa shape index (κ2) is 8.87. The Morgan fingerprint density at radius 2 is 1.77 bits per heavy atom. The Balaban J connectivity index is 1.49. The zero-order valence-corrected chi connectivity index (χ0v) is 16.9. The SMILES string of the molecule is CN1CCN(c2ncccc2CNC(=O)c2ccc(=O)n(-c3ccccc3)n2)CC1. The maximum Gasteiger partial charge on any atom is 0.272 e. The predicted octanol–water partition coefficient (Wildman–Crippen LogP) is 1.31. The topological polar surface area (TPSA) is 83.4 Å². The van der Waals surface area contributed by atoms with Crippen molar-refractivity contribution in [1.29, 1.82) is 0 Å². The molecule has 0 spiro atoms. The number of hydrogen-bond donors (Lipinski definition) is 1. The number of carbonyl (C=O) groups excluding carboxylic acids is 1. The molecule has 154 valence electrons. The van der Waals surface area contributed by atoms with Crippen molar-refractivity contribution in [2.45, 2.75) is 6.54 Å². The molecule has 1 aliphatic rings. The highest BCUT2D eigenvalue weighted by atomic mass is 16.2. The molecule has 8 nitrogen and oxygen atoms in total. The fourth-order valence-corrected chi connectivity index (χ4v) is 3.42. The van der Waals surface area contributed by atoms with Gasteiger partial charge in [-0.15, -0.1) is 0 Å². The molecule has 1 amide bonds.